The Labute approximate surface area is 170 Å². The highest BCUT2D eigenvalue weighted by Gasteiger charge is 2.16. The van der Waals surface area contributed by atoms with Gasteiger partial charge in [-0.2, -0.15) is 0 Å². The molecular formula is C24H26N2O3. The zero-order valence-electron chi connectivity index (χ0n) is 16.7. The SMILES string of the molecule is Cc1cccc(CC(=O)Nc2cccc3c(=O)n(CC4CCOCC4)ccc23)c1. The normalized spacial score (nSPS) is 14.8. The van der Waals surface area contributed by atoms with E-state index in [1.54, 1.807) is 4.57 Å². The van der Waals surface area contributed by atoms with Crippen LogP contribution in [0.5, 0.6) is 0 Å². The molecular weight excluding hydrogens is 364 g/mol. The molecule has 0 atom stereocenters. The molecule has 0 saturated carbocycles. The van der Waals surface area contributed by atoms with Crippen molar-refractivity contribution in [3.8, 4) is 0 Å². The molecule has 0 spiro atoms. The van der Waals surface area contributed by atoms with Crippen molar-refractivity contribution in [2.45, 2.75) is 32.7 Å². The predicted molar refractivity (Wildman–Crippen MR) is 115 cm³/mol. The van der Waals surface area contributed by atoms with E-state index in [9.17, 15) is 9.59 Å². The van der Waals surface area contributed by atoms with Crippen LogP contribution in [0.2, 0.25) is 0 Å². The third kappa shape index (κ3) is 4.57. The van der Waals surface area contributed by atoms with Gasteiger partial charge in [-0.25, -0.2) is 0 Å². The van der Waals surface area contributed by atoms with Crippen LogP contribution in [0.1, 0.15) is 24.0 Å². The highest BCUT2D eigenvalue weighted by atomic mass is 16.5. The van der Waals surface area contributed by atoms with Gasteiger partial charge in [0.25, 0.3) is 5.56 Å². The Bertz CT molecular complexity index is 1080. The number of aryl methyl sites for hydroxylation is 1. The number of aromatic nitrogens is 1. The number of carbonyl (C=O) groups excluding carboxylic acids is 1. The topological polar surface area (TPSA) is 60.3 Å². The van der Waals surface area contributed by atoms with Gasteiger partial charge in [0, 0.05) is 42.4 Å². The smallest absolute Gasteiger partial charge is 0.258 e. The summed E-state index contributed by atoms with van der Waals surface area (Å²) in [7, 11) is 0. The molecule has 2 aromatic carbocycles. The van der Waals surface area contributed by atoms with Crippen LogP contribution in [-0.4, -0.2) is 23.7 Å². The number of benzene rings is 2. The molecule has 1 amide bonds. The Morgan fingerprint density at radius 2 is 1.90 bits per heavy atom. The molecule has 5 nitrogen and oxygen atoms in total. The summed E-state index contributed by atoms with van der Waals surface area (Å²) in [6, 6.07) is 15.4. The van der Waals surface area contributed by atoms with Crippen LogP contribution in [0.25, 0.3) is 10.8 Å². The number of pyridine rings is 1. The van der Waals surface area contributed by atoms with Gasteiger partial charge in [-0.1, -0.05) is 35.9 Å². The van der Waals surface area contributed by atoms with E-state index in [0.29, 0.717) is 30.0 Å². The molecule has 29 heavy (non-hydrogen) atoms. The zero-order valence-corrected chi connectivity index (χ0v) is 16.7. The first-order chi connectivity index (χ1) is 14.1. The van der Waals surface area contributed by atoms with Gasteiger partial charge in [-0.05, 0) is 49.4 Å². The largest absolute Gasteiger partial charge is 0.381 e. The second kappa shape index (κ2) is 8.62. The molecule has 150 valence electrons. The van der Waals surface area contributed by atoms with Crippen LogP contribution in [0.15, 0.2) is 59.5 Å². The maximum Gasteiger partial charge on any atom is 0.258 e. The summed E-state index contributed by atoms with van der Waals surface area (Å²) in [5.41, 5.74) is 2.77. The van der Waals surface area contributed by atoms with E-state index >= 15 is 0 Å². The minimum atomic E-state index is -0.0884. The first-order valence-electron chi connectivity index (χ1n) is 10.2. The molecule has 5 heteroatoms. The highest BCUT2D eigenvalue weighted by Crippen LogP contribution is 2.22. The molecule has 1 aliphatic heterocycles. The average Bonchev–Trinajstić information content (AvgIpc) is 2.71. The number of fused-ring (bicyclic) bond motifs is 1. The van der Waals surface area contributed by atoms with E-state index in [1.807, 2.05) is 61.7 Å². The van der Waals surface area contributed by atoms with Crippen molar-refractivity contribution in [2.75, 3.05) is 18.5 Å². The van der Waals surface area contributed by atoms with E-state index in [1.165, 1.54) is 0 Å². The number of amides is 1. The number of nitrogens with zero attached hydrogens (tertiary/aromatic N) is 1. The fraction of sp³-hybridized carbons (Fsp3) is 0.333. The number of nitrogens with one attached hydrogen (secondary N) is 1. The molecule has 0 radical (unpaired) electrons. The molecule has 0 unspecified atom stereocenters. The standard InChI is InChI=1S/C24H26N2O3/c1-17-4-2-5-19(14-17)15-23(27)25-22-7-3-6-21-20(22)8-11-26(24(21)28)16-18-9-12-29-13-10-18/h2-8,11,14,18H,9-10,12-13,15-16H2,1H3,(H,25,27). The Morgan fingerprint density at radius 3 is 2.69 bits per heavy atom. The summed E-state index contributed by atoms with van der Waals surface area (Å²) in [5, 5.41) is 4.39. The Hall–Kier alpha value is -2.92. The average molecular weight is 390 g/mol. The second-order valence-electron chi connectivity index (χ2n) is 7.81. The van der Waals surface area contributed by atoms with Gasteiger partial charge in [0.15, 0.2) is 0 Å². The molecule has 1 saturated heterocycles. The van der Waals surface area contributed by atoms with Crippen LogP contribution >= 0.6 is 0 Å². The van der Waals surface area contributed by atoms with Gasteiger partial charge in [0.2, 0.25) is 5.91 Å². The number of ether oxygens (including phenoxy) is 1. The third-order valence-electron chi connectivity index (χ3n) is 5.54. The third-order valence-corrected chi connectivity index (χ3v) is 5.54. The molecule has 2 heterocycles. The van der Waals surface area contributed by atoms with Crippen molar-refractivity contribution < 1.29 is 9.53 Å². The zero-order chi connectivity index (χ0) is 20.2. The number of anilines is 1. The van der Waals surface area contributed by atoms with Crippen LogP contribution in [0, 0.1) is 12.8 Å². The first kappa shape index (κ1) is 19.4. The van der Waals surface area contributed by atoms with Gasteiger partial charge in [-0.3, -0.25) is 9.59 Å². The lowest BCUT2D eigenvalue weighted by Gasteiger charge is -2.23. The van der Waals surface area contributed by atoms with Crippen LogP contribution in [0.3, 0.4) is 0 Å². The van der Waals surface area contributed by atoms with E-state index in [-0.39, 0.29) is 11.5 Å². The number of hydrogen-bond donors (Lipinski definition) is 1. The summed E-state index contributed by atoms with van der Waals surface area (Å²) in [5.74, 6) is 0.380. The van der Waals surface area contributed by atoms with E-state index in [2.05, 4.69) is 5.32 Å². The molecule has 4 rings (SSSR count). The fourth-order valence-corrected chi connectivity index (χ4v) is 3.98. The van der Waals surface area contributed by atoms with Crippen LogP contribution in [-0.2, 0) is 22.5 Å². The lowest BCUT2D eigenvalue weighted by Crippen LogP contribution is -2.27. The molecule has 0 bridgehead atoms. The number of carbonyl (C=O) groups is 1. The second-order valence-corrected chi connectivity index (χ2v) is 7.81. The monoisotopic (exact) mass is 390 g/mol. The van der Waals surface area contributed by atoms with Gasteiger partial charge in [-0.15, -0.1) is 0 Å². The van der Waals surface area contributed by atoms with Gasteiger partial charge in [0.05, 0.1) is 6.42 Å². The van der Waals surface area contributed by atoms with Crippen molar-refractivity contribution in [1.82, 2.24) is 4.57 Å². The summed E-state index contributed by atoms with van der Waals surface area (Å²) in [4.78, 5) is 25.5. The maximum absolute atomic E-state index is 13.0. The van der Waals surface area contributed by atoms with Crippen molar-refractivity contribution in [3.63, 3.8) is 0 Å². The Morgan fingerprint density at radius 1 is 1.10 bits per heavy atom. The Balaban J connectivity index is 1.55. The highest BCUT2D eigenvalue weighted by molar-refractivity contribution is 6.02. The molecule has 0 aliphatic carbocycles. The predicted octanol–water partition coefficient (Wildman–Crippen LogP) is 3.92. The lowest BCUT2D eigenvalue weighted by molar-refractivity contribution is -0.115. The quantitative estimate of drug-likeness (QED) is 0.718. The molecule has 1 fully saturated rings. The van der Waals surface area contributed by atoms with Gasteiger partial charge in [0.1, 0.15) is 0 Å². The number of hydrogen-bond acceptors (Lipinski definition) is 3. The summed E-state index contributed by atoms with van der Waals surface area (Å²) < 4.78 is 7.20. The van der Waals surface area contributed by atoms with Crippen molar-refractivity contribution in [1.29, 1.82) is 0 Å². The fourth-order valence-electron chi connectivity index (χ4n) is 3.98. The molecule has 1 aromatic heterocycles. The summed E-state index contributed by atoms with van der Waals surface area (Å²) in [6.45, 7) is 4.26. The first-order valence-corrected chi connectivity index (χ1v) is 10.2. The van der Waals surface area contributed by atoms with Crippen molar-refractivity contribution in [2.24, 2.45) is 5.92 Å². The van der Waals surface area contributed by atoms with Crippen LogP contribution < -0.4 is 10.9 Å². The van der Waals surface area contributed by atoms with Gasteiger partial charge < -0.3 is 14.6 Å². The number of rotatable bonds is 5. The van der Waals surface area contributed by atoms with E-state index in [4.69, 9.17) is 4.74 Å². The summed E-state index contributed by atoms with van der Waals surface area (Å²) >= 11 is 0. The van der Waals surface area contributed by atoms with E-state index in [0.717, 1.165) is 42.6 Å². The van der Waals surface area contributed by atoms with E-state index < -0.39 is 0 Å². The minimum absolute atomic E-state index is 0.0104. The molecule has 3 aromatic rings. The van der Waals surface area contributed by atoms with Gasteiger partial charge >= 0.3 is 0 Å². The maximum atomic E-state index is 13.0. The Kier molecular flexibility index (Phi) is 5.76. The lowest BCUT2D eigenvalue weighted by atomic mass is 10.00. The minimum Gasteiger partial charge on any atom is -0.381 e. The molecule has 1 N–H and O–H groups in total. The van der Waals surface area contributed by atoms with Crippen molar-refractivity contribution in [3.05, 3.63) is 76.2 Å². The van der Waals surface area contributed by atoms with Crippen LogP contribution in [0.4, 0.5) is 5.69 Å². The molecule has 1 aliphatic rings. The van der Waals surface area contributed by atoms with Crippen molar-refractivity contribution >= 4 is 22.4 Å². The summed E-state index contributed by atoms with van der Waals surface area (Å²) in [6.07, 6.45) is 4.12.